The Labute approximate surface area is 168 Å². The molecule has 0 bridgehead atoms. The predicted molar refractivity (Wildman–Crippen MR) is 116 cm³/mol. The lowest BCUT2D eigenvalue weighted by molar-refractivity contribution is -0.113. The number of hydrogen-bond donors (Lipinski definition) is 2. The van der Waals surface area contributed by atoms with Crippen molar-refractivity contribution in [2.75, 3.05) is 17.7 Å². The van der Waals surface area contributed by atoms with E-state index in [1.807, 2.05) is 51.1 Å². The van der Waals surface area contributed by atoms with E-state index >= 15 is 0 Å². The normalized spacial score (nSPS) is 10.8. The molecule has 0 atom stereocenters. The number of aromatic amines is 1. The van der Waals surface area contributed by atoms with Crippen molar-refractivity contribution in [1.29, 1.82) is 0 Å². The summed E-state index contributed by atoms with van der Waals surface area (Å²) in [6.45, 7) is 6.42. The third kappa shape index (κ3) is 4.75. The van der Waals surface area contributed by atoms with Crippen molar-refractivity contribution in [3.05, 3.63) is 69.5 Å². The molecule has 1 amide bonds. The van der Waals surface area contributed by atoms with Crippen molar-refractivity contribution in [3.63, 3.8) is 0 Å². The number of thioether (sulfide) groups is 1. The number of H-pyrrole nitrogens is 1. The Bertz CT molecular complexity index is 1060. The SMILES string of the molecule is CCOc1ccccc1NC(=O)CSCc1cc(=O)c2cc(C)cc(C)c2[nH]1. The number of rotatable bonds is 7. The fraction of sp³-hybridized carbons (Fsp3) is 0.273. The molecule has 0 saturated carbocycles. The first-order chi connectivity index (χ1) is 13.5. The highest BCUT2D eigenvalue weighted by atomic mass is 32.2. The number of hydrogen-bond acceptors (Lipinski definition) is 4. The van der Waals surface area contributed by atoms with E-state index in [2.05, 4.69) is 16.4 Å². The Morgan fingerprint density at radius 1 is 1.18 bits per heavy atom. The van der Waals surface area contributed by atoms with Crippen LogP contribution in [0.2, 0.25) is 0 Å². The van der Waals surface area contributed by atoms with E-state index in [9.17, 15) is 9.59 Å². The average molecular weight is 397 g/mol. The molecule has 6 heteroatoms. The van der Waals surface area contributed by atoms with Crippen LogP contribution in [0.1, 0.15) is 23.7 Å². The lowest BCUT2D eigenvalue weighted by Gasteiger charge is -2.11. The number of anilines is 1. The molecule has 3 aromatic rings. The molecule has 146 valence electrons. The summed E-state index contributed by atoms with van der Waals surface area (Å²) in [6.07, 6.45) is 0. The maximum absolute atomic E-state index is 12.4. The van der Waals surface area contributed by atoms with E-state index in [1.54, 1.807) is 6.07 Å². The monoisotopic (exact) mass is 396 g/mol. The van der Waals surface area contributed by atoms with Gasteiger partial charge in [0.05, 0.1) is 23.6 Å². The molecular formula is C22H24N2O3S. The molecule has 5 nitrogen and oxygen atoms in total. The summed E-state index contributed by atoms with van der Waals surface area (Å²) in [4.78, 5) is 28.0. The predicted octanol–water partition coefficient (Wildman–Crippen LogP) is 4.42. The number of carbonyl (C=O) groups is 1. The van der Waals surface area contributed by atoms with Crippen LogP contribution in [-0.4, -0.2) is 23.3 Å². The van der Waals surface area contributed by atoms with Crippen LogP contribution in [0, 0.1) is 13.8 Å². The number of nitrogens with one attached hydrogen (secondary N) is 2. The van der Waals surface area contributed by atoms with E-state index in [1.165, 1.54) is 11.8 Å². The summed E-state index contributed by atoms with van der Waals surface area (Å²) in [6, 6.07) is 13.0. The van der Waals surface area contributed by atoms with Gasteiger partial charge < -0.3 is 15.0 Å². The minimum absolute atomic E-state index is 0.00578. The highest BCUT2D eigenvalue weighted by Gasteiger charge is 2.09. The number of aromatic nitrogens is 1. The van der Waals surface area contributed by atoms with Crippen molar-refractivity contribution in [1.82, 2.24) is 4.98 Å². The Morgan fingerprint density at radius 3 is 2.75 bits per heavy atom. The molecule has 0 aliphatic rings. The summed E-state index contributed by atoms with van der Waals surface area (Å²) in [5, 5.41) is 3.59. The van der Waals surface area contributed by atoms with Crippen molar-refractivity contribution in [3.8, 4) is 5.75 Å². The standard InChI is InChI=1S/C22H24N2O3S/c1-4-27-20-8-6-5-7-18(20)24-21(26)13-28-12-16-11-19(25)17-10-14(2)9-15(3)22(17)23-16/h5-11H,4,12-13H2,1-3H3,(H,23,25)(H,24,26). The van der Waals surface area contributed by atoms with Gasteiger partial charge in [0, 0.05) is 22.9 Å². The Balaban J connectivity index is 1.64. The molecular weight excluding hydrogens is 372 g/mol. The van der Waals surface area contributed by atoms with E-state index in [4.69, 9.17) is 4.74 Å². The summed E-state index contributed by atoms with van der Waals surface area (Å²) >= 11 is 1.46. The third-order valence-electron chi connectivity index (χ3n) is 4.29. The highest BCUT2D eigenvalue weighted by molar-refractivity contribution is 7.99. The lowest BCUT2D eigenvalue weighted by atomic mass is 10.1. The van der Waals surface area contributed by atoms with Crippen molar-refractivity contribution >= 4 is 34.3 Å². The zero-order chi connectivity index (χ0) is 20.1. The van der Waals surface area contributed by atoms with Gasteiger partial charge in [0.25, 0.3) is 0 Å². The molecule has 0 unspecified atom stereocenters. The Hall–Kier alpha value is -2.73. The van der Waals surface area contributed by atoms with Crippen LogP contribution in [0.4, 0.5) is 5.69 Å². The zero-order valence-corrected chi connectivity index (χ0v) is 17.1. The number of para-hydroxylation sites is 2. The topological polar surface area (TPSA) is 71.2 Å². The molecule has 28 heavy (non-hydrogen) atoms. The van der Waals surface area contributed by atoms with Crippen LogP contribution in [0.25, 0.3) is 10.9 Å². The molecule has 2 aromatic carbocycles. The third-order valence-corrected chi connectivity index (χ3v) is 5.27. The van der Waals surface area contributed by atoms with Gasteiger partial charge in [-0.3, -0.25) is 9.59 Å². The number of aryl methyl sites for hydroxylation is 2. The summed E-state index contributed by atoms with van der Waals surface area (Å²) in [5.74, 6) is 1.40. The fourth-order valence-corrected chi connectivity index (χ4v) is 3.86. The molecule has 0 spiro atoms. The first kappa shape index (κ1) is 20.0. The second kappa shape index (κ2) is 8.97. The molecule has 3 rings (SSSR count). The van der Waals surface area contributed by atoms with Gasteiger partial charge in [-0.05, 0) is 50.1 Å². The second-order valence-electron chi connectivity index (χ2n) is 6.63. The lowest BCUT2D eigenvalue weighted by Crippen LogP contribution is -2.15. The van der Waals surface area contributed by atoms with Crippen LogP contribution in [0.5, 0.6) is 5.75 Å². The van der Waals surface area contributed by atoms with E-state index < -0.39 is 0 Å². The second-order valence-corrected chi connectivity index (χ2v) is 7.62. The number of fused-ring (bicyclic) bond motifs is 1. The Kier molecular flexibility index (Phi) is 6.41. The van der Waals surface area contributed by atoms with Crippen molar-refractivity contribution < 1.29 is 9.53 Å². The minimum Gasteiger partial charge on any atom is -0.492 e. The first-order valence-electron chi connectivity index (χ1n) is 9.20. The smallest absolute Gasteiger partial charge is 0.234 e. The van der Waals surface area contributed by atoms with Gasteiger partial charge >= 0.3 is 0 Å². The van der Waals surface area contributed by atoms with E-state index in [0.717, 1.165) is 22.3 Å². The van der Waals surface area contributed by atoms with Gasteiger partial charge in [-0.1, -0.05) is 18.2 Å². The first-order valence-corrected chi connectivity index (χ1v) is 10.4. The summed E-state index contributed by atoms with van der Waals surface area (Å²) in [7, 11) is 0. The molecule has 0 aliphatic carbocycles. The largest absolute Gasteiger partial charge is 0.492 e. The van der Waals surface area contributed by atoms with Crippen molar-refractivity contribution in [2.24, 2.45) is 0 Å². The van der Waals surface area contributed by atoms with Crippen LogP contribution in [0.3, 0.4) is 0 Å². The van der Waals surface area contributed by atoms with Gasteiger partial charge in [0.2, 0.25) is 5.91 Å². The van der Waals surface area contributed by atoms with Crippen molar-refractivity contribution in [2.45, 2.75) is 26.5 Å². The van der Waals surface area contributed by atoms with Gasteiger partial charge in [0.1, 0.15) is 5.75 Å². The van der Waals surface area contributed by atoms with Crippen LogP contribution in [-0.2, 0) is 10.5 Å². The van der Waals surface area contributed by atoms with Crippen LogP contribution >= 0.6 is 11.8 Å². The molecule has 0 radical (unpaired) electrons. The molecule has 0 fully saturated rings. The molecule has 0 aliphatic heterocycles. The number of pyridine rings is 1. The van der Waals surface area contributed by atoms with Gasteiger partial charge in [-0.15, -0.1) is 11.8 Å². The molecule has 1 aromatic heterocycles. The molecule has 1 heterocycles. The zero-order valence-electron chi connectivity index (χ0n) is 16.3. The number of benzene rings is 2. The van der Waals surface area contributed by atoms with E-state index in [0.29, 0.717) is 29.2 Å². The maximum Gasteiger partial charge on any atom is 0.234 e. The number of ether oxygens (including phenoxy) is 1. The summed E-state index contributed by atoms with van der Waals surface area (Å²) in [5.41, 5.74) is 4.47. The number of carbonyl (C=O) groups excluding carboxylic acids is 1. The maximum atomic E-state index is 12.4. The number of amides is 1. The van der Waals surface area contributed by atoms with E-state index in [-0.39, 0.29) is 17.1 Å². The summed E-state index contributed by atoms with van der Waals surface area (Å²) < 4.78 is 5.52. The Morgan fingerprint density at radius 2 is 1.96 bits per heavy atom. The molecule has 0 saturated heterocycles. The quantitative estimate of drug-likeness (QED) is 0.620. The van der Waals surface area contributed by atoms with Gasteiger partial charge in [-0.25, -0.2) is 0 Å². The fourth-order valence-electron chi connectivity index (χ4n) is 3.13. The highest BCUT2D eigenvalue weighted by Crippen LogP contribution is 2.24. The van der Waals surface area contributed by atoms with Crippen LogP contribution in [0.15, 0.2) is 47.3 Å². The molecule has 2 N–H and O–H groups in total. The average Bonchev–Trinajstić information content (AvgIpc) is 2.64. The van der Waals surface area contributed by atoms with Gasteiger partial charge in [0.15, 0.2) is 5.43 Å². The minimum atomic E-state index is -0.105. The van der Waals surface area contributed by atoms with Crippen LogP contribution < -0.4 is 15.5 Å². The van der Waals surface area contributed by atoms with Gasteiger partial charge in [-0.2, -0.15) is 0 Å².